The largest absolute Gasteiger partial charge is 0.464 e. The molecule has 0 bridgehead atoms. The highest BCUT2D eigenvalue weighted by molar-refractivity contribution is 5.90. The second-order valence-electron chi connectivity index (χ2n) is 3.56. The van der Waals surface area contributed by atoms with Gasteiger partial charge in [0.1, 0.15) is 0 Å². The van der Waals surface area contributed by atoms with Crippen LogP contribution in [0.1, 0.15) is 29.4 Å². The summed E-state index contributed by atoms with van der Waals surface area (Å²) < 4.78 is 6.07. The van der Waals surface area contributed by atoms with Gasteiger partial charge in [-0.2, -0.15) is 5.10 Å². The number of nitrogens with zero attached hydrogens (tertiary/aromatic N) is 2. The lowest BCUT2D eigenvalue weighted by Gasteiger charge is -1.99. The van der Waals surface area contributed by atoms with E-state index in [0.717, 1.165) is 0 Å². The van der Waals surface area contributed by atoms with Crippen molar-refractivity contribution in [3.05, 3.63) is 17.5 Å². The van der Waals surface area contributed by atoms with Crippen molar-refractivity contribution < 1.29 is 14.3 Å². The summed E-state index contributed by atoms with van der Waals surface area (Å²) in [5, 5.41) is 6.59. The van der Waals surface area contributed by atoms with Crippen LogP contribution in [-0.2, 0) is 16.6 Å². The molecule has 0 saturated heterocycles. The number of methoxy groups -OCH3 is 1. The maximum Gasteiger partial charge on any atom is 0.357 e. The van der Waals surface area contributed by atoms with E-state index in [0.29, 0.717) is 24.2 Å². The molecular weight excluding hydrogens is 234 g/mol. The number of carbonyl (C=O) groups is 2. The van der Waals surface area contributed by atoms with Crippen LogP contribution in [0.5, 0.6) is 0 Å². The minimum absolute atomic E-state index is 0.0894. The number of amides is 1. The first-order valence-electron chi connectivity index (χ1n) is 5.40. The third kappa shape index (κ3) is 3.63. The van der Waals surface area contributed by atoms with E-state index in [4.69, 9.17) is 0 Å². The summed E-state index contributed by atoms with van der Waals surface area (Å²) in [6.07, 6.45) is 2.02. The van der Waals surface area contributed by atoms with E-state index >= 15 is 0 Å². The summed E-state index contributed by atoms with van der Waals surface area (Å²) in [5.74, 6) is 5.14. The smallest absolute Gasteiger partial charge is 0.357 e. The molecule has 1 heterocycles. The van der Waals surface area contributed by atoms with Crippen LogP contribution in [0, 0.1) is 11.8 Å². The molecule has 0 aliphatic carbocycles. The Morgan fingerprint density at radius 2 is 2.28 bits per heavy atom. The Balaban J connectivity index is 2.70. The maximum absolute atomic E-state index is 11.5. The van der Waals surface area contributed by atoms with Crippen LogP contribution in [0.4, 0.5) is 0 Å². The average molecular weight is 249 g/mol. The lowest BCUT2D eigenvalue weighted by atomic mass is 10.2. The average Bonchev–Trinajstić information content (AvgIpc) is 2.69. The molecule has 0 aliphatic heterocycles. The van der Waals surface area contributed by atoms with Gasteiger partial charge in [0.2, 0.25) is 5.91 Å². The Morgan fingerprint density at radius 3 is 2.89 bits per heavy atom. The van der Waals surface area contributed by atoms with E-state index < -0.39 is 5.97 Å². The van der Waals surface area contributed by atoms with Crippen LogP contribution in [0.15, 0.2) is 6.20 Å². The topological polar surface area (TPSA) is 73.2 Å². The van der Waals surface area contributed by atoms with E-state index in [1.807, 2.05) is 0 Å². The van der Waals surface area contributed by atoms with Gasteiger partial charge in [-0.3, -0.25) is 9.48 Å². The molecule has 1 N–H and O–H groups in total. The fourth-order valence-electron chi connectivity index (χ4n) is 1.33. The van der Waals surface area contributed by atoms with E-state index in [1.54, 1.807) is 7.05 Å². The lowest BCUT2D eigenvalue weighted by Crippen LogP contribution is -2.20. The van der Waals surface area contributed by atoms with Gasteiger partial charge in [-0.15, -0.1) is 0 Å². The van der Waals surface area contributed by atoms with Gasteiger partial charge < -0.3 is 10.1 Å². The van der Waals surface area contributed by atoms with Crippen molar-refractivity contribution in [1.82, 2.24) is 15.1 Å². The van der Waals surface area contributed by atoms with Gasteiger partial charge in [0, 0.05) is 26.9 Å². The minimum atomic E-state index is -0.471. The third-order valence-electron chi connectivity index (χ3n) is 2.16. The number of ether oxygens (including phenoxy) is 1. The van der Waals surface area contributed by atoms with Crippen LogP contribution in [-0.4, -0.2) is 35.3 Å². The number of aromatic nitrogens is 2. The molecule has 0 atom stereocenters. The number of hydrogen-bond acceptors (Lipinski definition) is 4. The van der Waals surface area contributed by atoms with Crippen molar-refractivity contribution in [3.8, 4) is 11.8 Å². The van der Waals surface area contributed by atoms with Crippen molar-refractivity contribution in [1.29, 1.82) is 0 Å². The number of rotatable bonds is 3. The summed E-state index contributed by atoms with van der Waals surface area (Å²) >= 11 is 0. The Labute approximate surface area is 105 Å². The predicted octanol–water partition coefficient (Wildman–Crippen LogP) is 0.0844. The summed E-state index contributed by atoms with van der Waals surface area (Å²) in [6.45, 7) is 1.93. The SMILES string of the molecule is COC(=O)c1c(C#CCCNC(C)=O)cnn1C. The van der Waals surface area contributed by atoms with E-state index in [-0.39, 0.29) is 5.91 Å². The Bertz CT molecular complexity index is 508. The van der Waals surface area contributed by atoms with Crippen molar-refractivity contribution >= 4 is 11.9 Å². The number of carbonyl (C=O) groups excluding carboxylic acids is 2. The first-order chi connectivity index (χ1) is 8.56. The lowest BCUT2D eigenvalue weighted by molar-refractivity contribution is -0.118. The zero-order valence-electron chi connectivity index (χ0n) is 10.6. The second-order valence-corrected chi connectivity index (χ2v) is 3.56. The number of esters is 1. The summed E-state index contributed by atoms with van der Waals surface area (Å²) in [4.78, 5) is 22.1. The Hall–Kier alpha value is -2.29. The standard InChI is InChI=1S/C12H15N3O3/c1-9(16)13-7-5-4-6-10-8-14-15(2)11(10)12(17)18-3/h8H,5,7H2,1-3H3,(H,13,16). The molecule has 18 heavy (non-hydrogen) atoms. The molecule has 6 heteroatoms. The van der Waals surface area contributed by atoms with Crippen LogP contribution >= 0.6 is 0 Å². The number of hydrogen-bond donors (Lipinski definition) is 1. The molecule has 1 aromatic rings. The molecule has 0 aliphatic rings. The van der Waals surface area contributed by atoms with Gasteiger partial charge in [-0.1, -0.05) is 11.8 Å². The summed E-state index contributed by atoms with van der Waals surface area (Å²) in [6, 6.07) is 0. The van der Waals surface area contributed by atoms with Gasteiger partial charge in [-0.05, 0) is 0 Å². The van der Waals surface area contributed by atoms with E-state index in [9.17, 15) is 9.59 Å². The molecule has 0 aromatic carbocycles. The normalized spacial score (nSPS) is 9.28. The second kappa shape index (κ2) is 6.45. The molecule has 1 amide bonds. The zero-order chi connectivity index (χ0) is 13.5. The first kappa shape index (κ1) is 13.8. The molecular formula is C12H15N3O3. The highest BCUT2D eigenvalue weighted by atomic mass is 16.5. The molecule has 96 valence electrons. The molecule has 6 nitrogen and oxygen atoms in total. The van der Waals surface area contributed by atoms with E-state index in [2.05, 4.69) is 27.0 Å². The molecule has 1 aromatic heterocycles. The minimum Gasteiger partial charge on any atom is -0.464 e. The van der Waals surface area contributed by atoms with Crippen molar-refractivity contribution in [2.24, 2.45) is 7.05 Å². The first-order valence-corrected chi connectivity index (χ1v) is 5.40. The zero-order valence-corrected chi connectivity index (χ0v) is 10.6. The van der Waals surface area contributed by atoms with Crippen LogP contribution in [0.25, 0.3) is 0 Å². The van der Waals surface area contributed by atoms with Gasteiger partial charge in [0.25, 0.3) is 0 Å². The number of nitrogens with one attached hydrogen (secondary N) is 1. The van der Waals surface area contributed by atoms with Crippen molar-refractivity contribution in [3.63, 3.8) is 0 Å². The molecule has 0 unspecified atom stereocenters. The van der Waals surface area contributed by atoms with Gasteiger partial charge in [-0.25, -0.2) is 4.79 Å². The van der Waals surface area contributed by atoms with Crippen molar-refractivity contribution in [2.45, 2.75) is 13.3 Å². The summed E-state index contributed by atoms with van der Waals surface area (Å²) in [5.41, 5.74) is 0.844. The molecule has 1 rings (SSSR count). The van der Waals surface area contributed by atoms with Gasteiger partial charge >= 0.3 is 5.97 Å². The van der Waals surface area contributed by atoms with E-state index in [1.165, 1.54) is 24.9 Å². The molecule has 0 fully saturated rings. The fraction of sp³-hybridized carbons (Fsp3) is 0.417. The Kier molecular flexibility index (Phi) is 4.93. The maximum atomic E-state index is 11.5. The van der Waals surface area contributed by atoms with Crippen molar-refractivity contribution in [2.75, 3.05) is 13.7 Å². The Morgan fingerprint density at radius 1 is 1.56 bits per heavy atom. The quantitative estimate of drug-likeness (QED) is 0.468. The van der Waals surface area contributed by atoms with Crippen LogP contribution in [0.2, 0.25) is 0 Å². The third-order valence-corrected chi connectivity index (χ3v) is 2.16. The predicted molar refractivity (Wildman–Crippen MR) is 64.7 cm³/mol. The molecule has 0 radical (unpaired) electrons. The van der Waals surface area contributed by atoms with Crippen LogP contribution in [0.3, 0.4) is 0 Å². The highest BCUT2D eigenvalue weighted by Gasteiger charge is 2.15. The van der Waals surface area contributed by atoms with Crippen LogP contribution < -0.4 is 5.32 Å². The fourth-order valence-corrected chi connectivity index (χ4v) is 1.33. The van der Waals surface area contributed by atoms with Gasteiger partial charge in [0.05, 0.1) is 18.9 Å². The van der Waals surface area contributed by atoms with Gasteiger partial charge in [0.15, 0.2) is 5.69 Å². The molecule has 0 saturated carbocycles. The molecule has 0 spiro atoms. The highest BCUT2D eigenvalue weighted by Crippen LogP contribution is 2.07. The number of aryl methyl sites for hydroxylation is 1. The summed E-state index contributed by atoms with van der Waals surface area (Å²) in [7, 11) is 2.96. The monoisotopic (exact) mass is 249 g/mol.